The zero-order chi connectivity index (χ0) is 16.8. The summed E-state index contributed by atoms with van der Waals surface area (Å²) in [5.74, 6) is 1.29. The fraction of sp³-hybridized carbons (Fsp3) is 0.579. The lowest BCUT2D eigenvalue weighted by molar-refractivity contribution is -0.123. The maximum absolute atomic E-state index is 12.5. The van der Waals surface area contributed by atoms with Crippen molar-refractivity contribution in [3.63, 3.8) is 0 Å². The summed E-state index contributed by atoms with van der Waals surface area (Å²) < 4.78 is 10.7. The van der Waals surface area contributed by atoms with Gasteiger partial charge in [-0.15, -0.1) is 0 Å². The van der Waals surface area contributed by atoms with Gasteiger partial charge in [-0.2, -0.15) is 0 Å². The van der Waals surface area contributed by atoms with E-state index in [0.29, 0.717) is 17.2 Å². The highest BCUT2D eigenvalue weighted by Crippen LogP contribution is 2.48. The highest BCUT2D eigenvalue weighted by atomic mass is 16.5. The van der Waals surface area contributed by atoms with Crippen LogP contribution in [-0.4, -0.2) is 17.6 Å². The SMILES string of the molecule is CCCCCCCCNC(=O)C1(c2cc(-c3ccco3)on2)CC1. The molecule has 2 heterocycles. The first kappa shape index (κ1) is 16.8. The minimum atomic E-state index is -0.490. The van der Waals surface area contributed by atoms with Crippen LogP contribution in [0.2, 0.25) is 0 Å². The van der Waals surface area contributed by atoms with Crippen molar-refractivity contribution in [1.82, 2.24) is 10.5 Å². The Hall–Kier alpha value is -2.04. The number of carbonyl (C=O) groups excluding carboxylic acids is 1. The maximum Gasteiger partial charge on any atom is 0.232 e. The Morgan fingerprint density at radius 1 is 1.21 bits per heavy atom. The van der Waals surface area contributed by atoms with Gasteiger partial charge in [0, 0.05) is 12.6 Å². The molecule has 1 aliphatic rings. The molecule has 1 fully saturated rings. The van der Waals surface area contributed by atoms with Crippen LogP contribution in [0.4, 0.5) is 0 Å². The first-order chi connectivity index (χ1) is 11.8. The Bertz CT molecular complexity index is 641. The molecule has 0 saturated heterocycles. The highest BCUT2D eigenvalue weighted by Gasteiger charge is 2.53. The third kappa shape index (κ3) is 3.71. The summed E-state index contributed by atoms with van der Waals surface area (Å²) in [5.41, 5.74) is 0.227. The number of aromatic nitrogens is 1. The molecule has 0 atom stereocenters. The molecule has 0 spiro atoms. The van der Waals surface area contributed by atoms with Crippen LogP contribution in [0.15, 0.2) is 33.4 Å². The second-order valence-corrected chi connectivity index (χ2v) is 6.66. The summed E-state index contributed by atoms with van der Waals surface area (Å²) in [6.07, 6.45) is 10.6. The van der Waals surface area contributed by atoms with E-state index in [9.17, 15) is 4.79 Å². The van der Waals surface area contributed by atoms with Crippen molar-refractivity contribution < 1.29 is 13.7 Å². The lowest BCUT2D eigenvalue weighted by Gasteiger charge is -2.12. The molecule has 0 radical (unpaired) electrons. The molecular weight excluding hydrogens is 304 g/mol. The smallest absolute Gasteiger partial charge is 0.232 e. The molecule has 3 rings (SSSR count). The van der Waals surface area contributed by atoms with Crippen LogP contribution in [0.3, 0.4) is 0 Å². The summed E-state index contributed by atoms with van der Waals surface area (Å²) in [7, 11) is 0. The van der Waals surface area contributed by atoms with Gasteiger partial charge in [0.1, 0.15) is 0 Å². The maximum atomic E-state index is 12.5. The zero-order valence-corrected chi connectivity index (χ0v) is 14.3. The van der Waals surface area contributed by atoms with E-state index in [1.165, 1.54) is 32.1 Å². The average Bonchev–Trinajstić information content (AvgIpc) is 3.02. The van der Waals surface area contributed by atoms with Crippen molar-refractivity contribution in [2.45, 2.75) is 63.7 Å². The number of rotatable bonds is 10. The number of hydrogen-bond donors (Lipinski definition) is 1. The molecule has 24 heavy (non-hydrogen) atoms. The Kier molecular flexibility index (Phi) is 5.38. The zero-order valence-electron chi connectivity index (χ0n) is 14.3. The number of nitrogens with one attached hydrogen (secondary N) is 1. The molecule has 1 N–H and O–H groups in total. The predicted molar refractivity (Wildman–Crippen MR) is 91.5 cm³/mol. The van der Waals surface area contributed by atoms with Crippen LogP contribution >= 0.6 is 0 Å². The molecule has 0 unspecified atom stereocenters. The average molecular weight is 330 g/mol. The van der Waals surface area contributed by atoms with Gasteiger partial charge in [-0.1, -0.05) is 44.2 Å². The van der Waals surface area contributed by atoms with E-state index in [1.54, 1.807) is 12.3 Å². The van der Waals surface area contributed by atoms with Crippen LogP contribution in [0, 0.1) is 0 Å². The molecule has 0 aliphatic heterocycles. The van der Waals surface area contributed by atoms with E-state index in [2.05, 4.69) is 17.4 Å². The second-order valence-electron chi connectivity index (χ2n) is 6.66. The summed E-state index contributed by atoms with van der Waals surface area (Å²) in [6.45, 7) is 2.96. The van der Waals surface area contributed by atoms with E-state index < -0.39 is 5.41 Å². The van der Waals surface area contributed by atoms with Crippen LogP contribution < -0.4 is 5.32 Å². The van der Waals surface area contributed by atoms with E-state index in [0.717, 1.165) is 25.8 Å². The largest absolute Gasteiger partial charge is 0.461 e. The number of carbonyl (C=O) groups is 1. The molecular formula is C19H26N2O3. The first-order valence-corrected chi connectivity index (χ1v) is 9.05. The van der Waals surface area contributed by atoms with Gasteiger partial charge in [0.05, 0.1) is 17.4 Å². The summed E-state index contributed by atoms with van der Waals surface area (Å²) >= 11 is 0. The molecule has 1 aliphatic carbocycles. The number of nitrogens with zero attached hydrogens (tertiary/aromatic N) is 1. The van der Waals surface area contributed by atoms with Gasteiger partial charge in [-0.05, 0) is 31.4 Å². The van der Waals surface area contributed by atoms with Gasteiger partial charge in [-0.3, -0.25) is 4.79 Å². The summed E-state index contributed by atoms with van der Waals surface area (Å²) in [4.78, 5) is 12.5. The standard InChI is InChI=1S/C19H26N2O3/c1-2-3-4-5-6-7-12-20-18(22)19(10-11-19)17-14-16(24-21-17)15-9-8-13-23-15/h8-9,13-14H,2-7,10-12H2,1H3,(H,20,22). The van der Waals surface area contributed by atoms with Crippen molar-refractivity contribution in [3.8, 4) is 11.5 Å². The van der Waals surface area contributed by atoms with Gasteiger partial charge in [0.2, 0.25) is 11.7 Å². The normalized spacial score (nSPS) is 15.4. The van der Waals surface area contributed by atoms with Crippen molar-refractivity contribution in [2.24, 2.45) is 0 Å². The quantitative estimate of drug-likeness (QED) is 0.654. The topological polar surface area (TPSA) is 68.3 Å². The molecule has 5 nitrogen and oxygen atoms in total. The fourth-order valence-electron chi connectivity index (χ4n) is 3.04. The molecule has 2 aromatic rings. The minimum absolute atomic E-state index is 0.0790. The fourth-order valence-corrected chi connectivity index (χ4v) is 3.04. The Labute approximate surface area is 142 Å². The molecule has 5 heteroatoms. The van der Waals surface area contributed by atoms with Gasteiger partial charge in [-0.25, -0.2) is 0 Å². The van der Waals surface area contributed by atoms with E-state index in [-0.39, 0.29) is 5.91 Å². The molecule has 130 valence electrons. The number of furan rings is 1. The Balaban J connectivity index is 1.48. The third-order valence-electron chi connectivity index (χ3n) is 4.77. The van der Waals surface area contributed by atoms with Crippen LogP contribution in [0.5, 0.6) is 0 Å². The van der Waals surface area contributed by atoms with Crippen molar-refractivity contribution in [3.05, 3.63) is 30.2 Å². The van der Waals surface area contributed by atoms with Gasteiger partial charge in [0.25, 0.3) is 0 Å². The third-order valence-corrected chi connectivity index (χ3v) is 4.77. The van der Waals surface area contributed by atoms with Crippen LogP contribution in [0.25, 0.3) is 11.5 Å². The Morgan fingerprint density at radius 3 is 2.71 bits per heavy atom. The van der Waals surface area contributed by atoms with Crippen molar-refractivity contribution in [2.75, 3.05) is 6.54 Å². The Morgan fingerprint density at radius 2 is 2.00 bits per heavy atom. The van der Waals surface area contributed by atoms with E-state index in [4.69, 9.17) is 8.94 Å². The van der Waals surface area contributed by atoms with Crippen LogP contribution in [-0.2, 0) is 10.2 Å². The van der Waals surface area contributed by atoms with Crippen molar-refractivity contribution >= 4 is 5.91 Å². The minimum Gasteiger partial charge on any atom is -0.461 e. The monoisotopic (exact) mass is 330 g/mol. The number of amides is 1. The summed E-state index contributed by atoms with van der Waals surface area (Å²) in [5, 5.41) is 7.18. The van der Waals surface area contributed by atoms with Crippen molar-refractivity contribution in [1.29, 1.82) is 0 Å². The van der Waals surface area contributed by atoms with Gasteiger partial charge >= 0.3 is 0 Å². The van der Waals surface area contributed by atoms with Gasteiger partial charge in [0.15, 0.2) is 5.76 Å². The molecule has 0 bridgehead atoms. The summed E-state index contributed by atoms with van der Waals surface area (Å²) in [6, 6.07) is 5.45. The van der Waals surface area contributed by atoms with Gasteiger partial charge < -0.3 is 14.3 Å². The number of hydrogen-bond acceptors (Lipinski definition) is 4. The molecule has 1 saturated carbocycles. The van der Waals surface area contributed by atoms with E-state index >= 15 is 0 Å². The number of unbranched alkanes of at least 4 members (excludes halogenated alkanes) is 5. The van der Waals surface area contributed by atoms with Crippen LogP contribution in [0.1, 0.15) is 64.0 Å². The lowest BCUT2D eigenvalue weighted by atomic mass is 10.0. The predicted octanol–water partition coefficient (Wildman–Crippen LogP) is 4.44. The molecule has 1 amide bonds. The lowest BCUT2D eigenvalue weighted by Crippen LogP contribution is -2.35. The second kappa shape index (κ2) is 7.69. The van der Waals surface area contributed by atoms with E-state index in [1.807, 2.05) is 12.1 Å². The molecule has 0 aromatic carbocycles. The highest BCUT2D eigenvalue weighted by molar-refractivity contribution is 5.90. The first-order valence-electron chi connectivity index (χ1n) is 9.05. The molecule has 2 aromatic heterocycles.